The molecule has 0 aliphatic carbocycles. The number of rotatable bonds is 4. The van der Waals surface area contributed by atoms with Crippen molar-refractivity contribution in [3.05, 3.63) is 51.8 Å². The van der Waals surface area contributed by atoms with E-state index in [9.17, 15) is 9.59 Å². The van der Waals surface area contributed by atoms with Crippen molar-refractivity contribution in [1.29, 1.82) is 0 Å². The molecular weight excluding hydrogens is 317 g/mol. The summed E-state index contributed by atoms with van der Waals surface area (Å²) in [6.07, 6.45) is -0.132. The maximum absolute atomic E-state index is 12.1. The molecule has 0 fully saturated rings. The van der Waals surface area contributed by atoms with Crippen molar-refractivity contribution >= 4 is 40.8 Å². The van der Waals surface area contributed by atoms with Crippen molar-refractivity contribution < 1.29 is 14.7 Å². The Bertz CT molecular complexity index is 707. The van der Waals surface area contributed by atoms with Gasteiger partial charge in [0.25, 0.3) is 5.91 Å². The fourth-order valence-corrected chi connectivity index (χ4v) is 1.97. The predicted octanol–water partition coefficient (Wildman–Crippen LogP) is 2.66. The quantitative estimate of drug-likeness (QED) is 0.901. The Hall–Kier alpha value is -2.18. The standard InChI is InChI=1S/C13H9Cl2N3O3/c14-10-6-9(12(15)18-17-10)13(21)16-8-3-1-2-7(4-8)5-11(19)20/h1-4,6H,5H2,(H,16,21)(H,19,20). The third-order valence-electron chi connectivity index (χ3n) is 2.50. The number of aliphatic carboxylic acids is 1. The molecule has 108 valence electrons. The molecule has 1 aromatic carbocycles. The van der Waals surface area contributed by atoms with Crippen LogP contribution in [-0.2, 0) is 11.2 Å². The number of aromatic nitrogens is 2. The second-order valence-corrected chi connectivity index (χ2v) is 4.84. The van der Waals surface area contributed by atoms with Crippen LogP contribution in [-0.4, -0.2) is 27.2 Å². The van der Waals surface area contributed by atoms with Crippen LogP contribution in [0.4, 0.5) is 5.69 Å². The van der Waals surface area contributed by atoms with Crippen LogP contribution in [0.5, 0.6) is 0 Å². The fourth-order valence-electron chi connectivity index (χ4n) is 1.64. The Morgan fingerprint density at radius 1 is 1.19 bits per heavy atom. The van der Waals surface area contributed by atoms with Crippen molar-refractivity contribution in [2.45, 2.75) is 6.42 Å². The highest BCUT2D eigenvalue weighted by molar-refractivity contribution is 6.34. The minimum absolute atomic E-state index is 0.0455. The topological polar surface area (TPSA) is 92.2 Å². The van der Waals surface area contributed by atoms with Gasteiger partial charge in [-0.25, -0.2) is 0 Å². The molecule has 21 heavy (non-hydrogen) atoms. The molecule has 1 heterocycles. The van der Waals surface area contributed by atoms with Crippen LogP contribution in [0.25, 0.3) is 0 Å². The summed E-state index contributed by atoms with van der Waals surface area (Å²) in [6.45, 7) is 0. The first-order valence-corrected chi connectivity index (χ1v) is 6.52. The molecule has 8 heteroatoms. The third-order valence-corrected chi connectivity index (χ3v) is 2.97. The van der Waals surface area contributed by atoms with E-state index in [1.54, 1.807) is 24.3 Å². The average Bonchev–Trinajstić information content (AvgIpc) is 2.41. The molecule has 1 aromatic heterocycles. The molecule has 0 radical (unpaired) electrons. The molecule has 0 bridgehead atoms. The number of nitrogens with zero attached hydrogens (tertiary/aromatic N) is 2. The monoisotopic (exact) mass is 325 g/mol. The predicted molar refractivity (Wildman–Crippen MR) is 77.8 cm³/mol. The zero-order valence-corrected chi connectivity index (χ0v) is 12.0. The van der Waals surface area contributed by atoms with E-state index in [0.717, 1.165) is 0 Å². The number of carboxylic acids is 1. The Kier molecular flexibility index (Phi) is 4.72. The molecule has 1 amide bonds. The number of carbonyl (C=O) groups excluding carboxylic acids is 1. The average molecular weight is 326 g/mol. The van der Waals surface area contributed by atoms with Crippen LogP contribution in [0, 0.1) is 0 Å². The lowest BCUT2D eigenvalue weighted by atomic mass is 10.1. The number of hydrogen-bond acceptors (Lipinski definition) is 4. The lowest BCUT2D eigenvalue weighted by molar-refractivity contribution is -0.136. The summed E-state index contributed by atoms with van der Waals surface area (Å²) < 4.78 is 0. The lowest BCUT2D eigenvalue weighted by Crippen LogP contribution is -2.14. The van der Waals surface area contributed by atoms with Gasteiger partial charge in [-0.1, -0.05) is 35.3 Å². The van der Waals surface area contributed by atoms with E-state index in [1.807, 2.05) is 0 Å². The largest absolute Gasteiger partial charge is 0.481 e. The second kappa shape index (κ2) is 6.51. The van der Waals surface area contributed by atoms with Gasteiger partial charge < -0.3 is 10.4 Å². The molecule has 0 saturated heterocycles. The highest BCUT2D eigenvalue weighted by Crippen LogP contribution is 2.18. The summed E-state index contributed by atoms with van der Waals surface area (Å²) in [4.78, 5) is 22.8. The Morgan fingerprint density at radius 2 is 1.95 bits per heavy atom. The molecule has 0 atom stereocenters. The van der Waals surface area contributed by atoms with Crippen LogP contribution in [0.1, 0.15) is 15.9 Å². The molecule has 0 aliphatic rings. The Morgan fingerprint density at radius 3 is 2.67 bits per heavy atom. The number of hydrogen-bond donors (Lipinski definition) is 2. The van der Waals surface area contributed by atoms with Crippen molar-refractivity contribution in [3.63, 3.8) is 0 Å². The van der Waals surface area contributed by atoms with Gasteiger partial charge >= 0.3 is 5.97 Å². The number of carbonyl (C=O) groups is 2. The number of nitrogens with one attached hydrogen (secondary N) is 1. The highest BCUT2D eigenvalue weighted by Gasteiger charge is 2.13. The number of anilines is 1. The van der Waals surface area contributed by atoms with Crippen LogP contribution in [0.2, 0.25) is 10.3 Å². The first-order chi connectivity index (χ1) is 9.95. The summed E-state index contributed by atoms with van der Waals surface area (Å²) >= 11 is 11.5. The zero-order valence-electron chi connectivity index (χ0n) is 10.5. The molecule has 2 aromatic rings. The number of carboxylic acid groups (broad SMARTS) is 1. The van der Waals surface area contributed by atoms with Gasteiger partial charge in [-0.2, -0.15) is 0 Å². The molecule has 2 N–H and O–H groups in total. The number of halogens is 2. The van der Waals surface area contributed by atoms with Gasteiger partial charge in [-0.05, 0) is 23.8 Å². The number of benzene rings is 1. The van der Waals surface area contributed by atoms with E-state index in [4.69, 9.17) is 28.3 Å². The van der Waals surface area contributed by atoms with Crippen molar-refractivity contribution in [2.75, 3.05) is 5.32 Å². The van der Waals surface area contributed by atoms with Crippen molar-refractivity contribution in [2.24, 2.45) is 0 Å². The summed E-state index contributed by atoms with van der Waals surface area (Å²) in [5.74, 6) is -1.46. The van der Waals surface area contributed by atoms with E-state index < -0.39 is 11.9 Å². The van der Waals surface area contributed by atoms with Gasteiger partial charge in [-0.3, -0.25) is 9.59 Å². The Balaban J connectivity index is 2.19. The first-order valence-electron chi connectivity index (χ1n) is 5.76. The van der Waals surface area contributed by atoms with Crippen LogP contribution in [0.3, 0.4) is 0 Å². The van der Waals surface area contributed by atoms with E-state index in [1.165, 1.54) is 6.07 Å². The van der Waals surface area contributed by atoms with Crippen molar-refractivity contribution in [1.82, 2.24) is 10.2 Å². The van der Waals surface area contributed by atoms with Gasteiger partial charge in [0.1, 0.15) is 0 Å². The van der Waals surface area contributed by atoms with Gasteiger partial charge in [0.05, 0.1) is 12.0 Å². The van der Waals surface area contributed by atoms with Gasteiger partial charge in [0, 0.05) is 5.69 Å². The van der Waals surface area contributed by atoms with Crippen molar-refractivity contribution in [3.8, 4) is 0 Å². The smallest absolute Gasteiger partial charge is 0.307 e. The van der Waals surface area contributed by atoms with Crippen LogP contribution >= 0.6 is 23.2 Å². The molecule has 0 unspecified atom stereocenters. The molecule has 0 spiro atoms. The zero-order chi connectivity index (χ0) is 15.4. The summed E-state index contributed by atoms with van der Waals surface area (Å²) in [7, 11) is 0. The SMILES string of the molecule is O=C(O)Cc1cccc(NC(=O)c2cc(Cl)nnc2Cl)c1. The Labute approximate surface area is 129 Å². The van der Waals surface area contributed by atoms with Gasteiger partial charge in [-0.15, -0.1) is 10.2 Å². The number of amides is 1. The molecule has 0 saturated carbocycles. The van der Waals surface area contributed by atoms with E-state index >= 15 is 0 Å². The maximum Gasteiger partial charge on any atom is 0.307 e. The molecule has 0 aliphatic heterocycles. The third kappa shape index (κ3) is 4.14. The van der Waals surface area contributed by atoms with Crippen LogP contribution < -0.4 is 5.32 Å². The normalized spacial score (nSPS) is 10.2. The first kappa shape index (κ1) is 15.2. The highest BCUT2D eigenvalue weighted by atomic mass is 35.5. The second-order valence-electron chi connectivity index (χ2n) is 4.10. The molecule has 2 rings (SSSR count). The van der Waals surface area contributed by atoms with E-state index in [0.29, 0.717) is 11.3 Å². The summed E-state index contributed by atoms with van der Waals surface area (Å²) in [6, 6.07) is 7.80. The summed E-state index contributed by atoms with van der Waals surface area (Å²) in [5, 5.41) is 18.4. The van der Waals surface area contributed by atoms with Gasteiger partial charge in [0.15, 0.2) is 10.3 Å². The minimum atomic E-state index is -0.952. The minimum Gasteiger partial charge on any atom is -0.481 e. The van der Waals surface area contributed by atoms with Gasteiger partial charge in [0.2, 0.25) is 0 Å². The van der Waals surface area contributed by atoms with E-state index in [2.05, 4.69) is 15.5 Å². The fraction of sp³-hybridized carbons (Fsp3) is 0.0769. The molecule has 6 nitrogen and oxygen atoms in total. The molecular formula is C13H9Cl2N3O3. The maximum atomic E-state index is 12.1. The lowest BCUT2D eigenvalue weighted by Gasteiger charge is -2.07. The summed E-state index contributed by atoms with van der Waals surface area (Å²) in [5.41, 5.74) is 1.10. The van der Waals surface area contributed by atoms with Crippen LogP contribution in [0.15, 0.2) is 30.3 Å². The van der Waals surface area contributed by atoms with E-state index in [-0.39, 0.29) is 22.3 Å².